The van der Waals surface area contributed by atoms with E-state index < -0.39 is 12.8 Å². The zero-order valence-corrected chi connectivity index (χ0v) is 11.9. The van der Waals surface area contributed by atoms with E-state index in [-0.39, 0.29) is 12.6 Å². The third-order valence-corrected chi connectivity index (χ3v) is 3.21. The minimum absolute atomic E-state index is 0.0378. The van der Waals surface area contributed by atoms with Crippen LogP contribution < -0.4 is 5.32 Å². The van der Waals surface area contributed by atoms with E-state index in [1.165, 1.54) is 11.3 Å². The van der Waals surface area contributed by atoms with Gasteiger partial charge in [0.15, 0.2) is 0 Å². The molecule has 0 aliphatic heterocycles. The number of hydrogen-bond acceptors (Lipinski definition) is 4. The summed E-state index contributed by atoms with van der Waals surface area (Å²) < 4.78 is 40.8. The van der Waals surface area contributed by atoms with Gasteiger partial charge in [-0.3, -0.25) is 0 Å². The molecule has 0 fully saturated rings. The van der Waals surface area contributed by atoms with Crippen molar-refractivity contribution in [2.75, 3.05) is 19.8 Å². The van der Waals surface area contributed by atoms with Crippen molar-refractivity contribution in [3.63, 3.8) is 0 Å². The molecule has 0 amide bonds. The van der Waals surface area contributed by atoms with E-state index in [1.807, 2.05) is 19.2 Å². The average molecular weight is 296 g/mol. The Morgan fingerprint density at radius 3 is 2.74 bits per heavy atom. The first kappa shape index (κ1) is 16.4. The lowest BCUT2D eigenvalue weighted by Crippen LogP contribution is -2.37. The number of thiazole rings is 1. The van der Waals surface area contributed by atoms with Crippen molar-refractivity contribution in [2.45, 2.75) is 38.9 Å². The maximum absolute atomic E-state index is 12.0. The number of aryl methyl sites for hydroxylation is 1. The van der Waals surface area contributed by atoms with Gasteiger partial charge in [0, 0.05) is 17.8 Å². The number of hydrogen-bond donors (Lipinski definition) is 1. The molecule has 3 nitrogen and oxygen atoms in total. The van der Waals surface area contributed by atoms with Gasteiger partial charge < -0.3 is 10.1 Å². The number of halogens is 3. The molecule has 1 aromatic rings. The van der Waals surface area contributed by atoms with Crippen LogP contribution in [0.1, 0.15) is 24.0 Å². The highest BCUT2D eigenvalue weighted by Crippen LogP contribution is 2.15. The number of rotatable bonds is 8. The van der Waals surface area contributed by atoms with Gasteiger partial charge >= 0.3 is 6.18 Å². The second kappa shape index (κ2) is 7.81. The van der Waals surface area contributed by atoms with Crippen LogP contribution in [0.5, 0.6) is 0 Å². The smallest absolute Gasteiger partial charge is 0.370 e. The minimum atomic E-state index is -4.27. The molecule has 1 atom stereocenters. The molecule has 110 valence electrons. The van der Waals surface area contributed by atoms with Crippen LogP contribution in [0.3, 0.4) is 0 Å². The number of nitrogens with zero attached hydrogens (tertiary/aromatic N) is 1. The van der Waals surface area contributed by atoms with Gasteiger partial charge in [-0.1, -0.05) is 6.92 Å². The van der Waals surface area contributed by atoms with Crippen molar-refractivity contribution in [2.24, 2.45) is 0 Å². The van der Waals surface area contributed by atoms with Crippen molar-refractivity contribution >= 4 is 11.3 Å². The predicted octanol–water partition coefficient (Wildman–Crippen LogP) is 2.94. The summed E-state index contributed by atoms with van der Waals surface area (Å²) in [5.41, 5.74) is 0.895. The Hall–Kier alpha value is -0.660. The van der Waals surface area contributed by atoms with E-state index in [0.717, 1.165) is 23.7 Å². The fourth-order valence-corrected chi connectivity index (χ4v) is 2.24. The molecule has 0 aliphatic carbocycles. The van der Waals surface area contributed by atoms with Gasteiger partial charge in [0.25, 0.3) is 0 Å². The third-order valence-electron chi connectivity index (χ3n) is 2.39. The first-order chi connectivity index (χ1) is 8.90. The molecule has 0 spiro atoms. The lowest BCUT2D eigenvalue weighted by Gasteiger charge is -2.18. The maximum Gasteiger partial charge on any atom is 0.411 e. The molecule has 1 N–H and O–H groups in total. The number of aromatic nitrogens is 1. The van der Waals surface area contributed by atoms with Gasteiger partial charge in [0.1, 0.15) is 6.61 Å². The zero-order chi connectivity index (χ0) is 14.3. The highest BCUT2D eigenvalue weighted by atomic mass is 32.1. The predicted molar refractivity (Wildman–Crippen MR) is 69.5 cm³/mol. The van der Waals surface area contributed by atoms with Gasteiger partial charge in [-0.2, -0.15) is 13.2 Å². The molecule has 0 saturated heterocycles. The fraction of sp³-hybridized carbons (Fsp3) is 0.750. The Labute approximate surface area is 115 Å². The molecule has 0 radical (unpaired) electrons. The lowest BCUT2D eigenvalue weighted by atomic mass is 10.2. The first-order valence-electron chi connectivity index (χ1n) is 6.19. The van der Waals surface area contributed by atoms with Crippen LogP contribution in [0.15, 0.2) is 5.38 Å². The summed E-state index contributed by atoms with van der Waals surface area (Å²) >= 11 is 1.54. The van der Waals surface area contributed by atoms with Gasteiger partial charge in [-0.05, 0) is 19.9 Å². The maximum atomic E-state index is 12.0. The van der Waals surface area contributed by atoms with Gasteiger partial charge in [0.2, 0.25) is 0 Å². The standard InChI is InChI=1S/C12H19F3N2OS/c1-3-4-16-10(6-18-8-12(13,14)15)5-11-7-19-9(2)17-11/h7,10,16H,3-6,8H2,1-2H3. The van der Waals surface area contributed by atoms with Crippen molar-refractivity contribution in [1.82, 2.24) is 10.3 Å². The summed E-state index contributed by atoms with van der Waals surface area (Å²) in [5.74, 6) is 0. The van der Waals surface area contributed by atoms with Crippen LogP contribution in [-0.2, 0) is 11.2 Å². The van der Waals surface area contributed by atoms with Crippen LogP contribution >= 0.6 is 11.3 Å². The summed E-state index contributed by atoms with van der Waals surface area (Å²) in [7, 11) is 0. The summed E-state index contributed by atoms with van der Waals surface area (Å²) in [5, 5.41) is 6.07. The SMILES string of the molecule is CCCNC(COCC(F)(F)F)Cc1csc(C)n1. The van der Waals surface area contributed by atoms with Crippen molar-refractivity contribution < 1.29 is 17.9 Å². The van der Waals surface area contributed by atoms with Crippen molar-refractivity contribution in [3.8, 4) is 0 Å². The van der Waals surface area contributed by atoms with Crippen molar-refractivity contribution in [1.29, 1.82) is 0 Å². The highest BCUT2D eigenvalue weighted by Gasteiger charge is 2.28. The van der Waals surface area contributed by atoms with E-state index in [2.05, 4.69) is 10.3 Å². The van der Waals surface area contributed by atoms with E-state index in [1.54, 1.807) is 0 Å². The third kappa shape index (κ3) is 7.49. The Balaban J connectivity index is 2.42. The molecule has 0 aromatic carbocycles. The molecule has 0 bridgehead atoms. The highest BCUT2D eigenvalue weighted by molar-refractivity contribution is 7.09. The Kier molecular flexibility index (Phi) is 6.74. The Morgan fingerprint density at radius 2 is 2.21 bits per heavy atom. The first-order valence-corrected chi connectivity index (χ1v) is 7.07. The van der Waals surface area contributed by atoms with Crippen LogP contribution in [0.2, 0.25) is 0 Å². The topological polar surface area (TPSA) is 34.1 Å². The van der Waals surface area contributed by atoms with E-state index >= 15 is 0 Å². The number of nitrogens with one attached hydrogen (secondary N) is 1. The molecule has 1 rings (SSSR count). The summed E-state index contributed by atoms with van der Waals surface area (Å²) in [4.78, 5) is 4.32. The van der Waals surface area contributed by atoms with Gasteiger partial charge in [-0.15, -0.1) is 11.3 Å². The van der Waals surface area contributed by atoms with Crippen molar-refractivity contribution in [3.05, 3.63) is 16.1 Å². The zero-order valence-electron chi connectivity index (χ0n) is 11.1. The lowest BCUT2D eigenvalue weighted by molar-refractivity contribution is -0.175. The summed E-state index contributed by atoms with van der Waals surface area (Å²) in [6.07, 6.45) is -2.76. The Morgan fingerprint density at radius 1 is 1.47 bits per heavy atom. The second-order valence-corrected chi connectivity index (χ2v) is 5.41. The van der Waals surface area contributed by atoms with Gasteiger partial charge in [-0.25, -0.2) is 4.98 Å². The van der Waals surface area contributed by atoms with Gasteiger partial charge in [0.05, 0.1) is 17.3 Å². The number of alkyl halides is 3. The monoisotopic (exact) mass is 296 g/mol. The summed E-state index contributed by atoms with van der Waals surface area (Å²) in [6, 6.07) is -0.135. The normalized spacial score (nSPS) is 13.7. The average Bonchev–Trinajstić information content (AvgIpc) is 2.70. The fourth-order valence-electron chi connectivity index (χ4n) is 1.61. The number of ether oxygens (including phenoxy) is 1. The molecule has 19 heavy (non-hydrogen) atoms. The molecular formula is C12H19F3N2OS. The molecule has 7 heteroatoms. The molecule has 1 unspecified atom stereocenters. The minimum Gasteiger partial charge on any atom is -0.370 e. The molecule has 0 aliphatic rings. The molecular weight excluding hydrogens is 277 g/mol. The summed E-state index contributed by atoms with van der Waals surface area (Å²) in [6.45, 7) is 3.50. The quantitative estimate of drug-likeness (QED) is 0.801. The molecule has 1 heterocycles. The van der Waals surface area contributed by atoms with E-state index in [0.29, 0.717) is 6.42 Å². The molecule has 0 saturated carbocycles. The van der Waals surface area contributed by atoms with Crippen LogP contribution in [0, 0.1) is 6.92 Å². The van der Waals surface area contributed by atoms with E-state index in [4.69, 9.17) is 4.74 Å². The molecule has 1 aromatic heterocycles. The second-order valence-electron chi connectivity index (χ2n) is 4.34. The Bertz CT molecular complexity index is 368. The largest absolute Gasteiger partial charge is 0.411 e. The van der Waals surface area contributed by atoms with Crippen LogP contribution in [-0.4, -0.2) is 37.0 Å². The van der Waals surface area contributed by atoms with Crippen LogP contribution in [0.4, 0.5) is 13.2 Å². The van der Waals surface area contributed by atoms with E-state index in [9.17, 15) is 13.2 Å². The van der Waals surface area contributed by atoms with Crippen LogP contribution in [0.25, 0.3) is 0 Å².